The quantitative estimate of drug-likeness (QED) is 0.593. The van der Waals surface area contributed by atoms with E-state index in [1.54, 1.807) is 6.07 Å². The van der Waals surface area contributed by atoms with Crippen LogP contribution in [-0.4, -0.2) is 0 Å². The van der Waals surface area contributed by atoms with Crippen molar-refractivity contribution < 1.29 is 8.78 Å². The fourth-order valence-corrected chi connectivity index (χ4v) is 2.04. The first-order valence-electron chi connectivity index (χ1n) is 5.99. The molecule has 2 unspecified atom stereocenters. The third kappa shape index (κ3) is 4.06. The van der Waals surface area contributed by atoms with Crippen molar-refractivity contribution in [2.45, 2.75) is 39.2 Å². The molecule has 0 aliphatic carbocycles. The Morgan fingerprint density at radius 3 is 2.53 bits per heavy atom. The van der Waals surface area contributed by atoms with Crippen LogP contribution in [0.4, 0.5) is 8.78 Å². The first kappa shape index (κ1) is 14.1. The number of hydrogen-bond donors (Lipinski definition) is 2. The van der Waals surface area contributed by atoms with Crippen molar-refractivity contribution in [3.8, 4) is 0 Å². The highest BCUT2D eigenvalue weighted by molar-refractivity contribution is 5.21. The molecule has 96 valence electrons. The third-order valence-electron chi connectivity index (χ3n) is 2.97. The molecule has 0 bridgehead atoms. The van der Waals surface area contributed by atoms with Gasteiger partial charge in [0.25, 0.3) is 0 Å². The number of hydrazine groups is 1. The summed E-state index contributed by atoms with van der Waals surface area (Å²) in [5.41, 5.74) is 3.35. The average molecular weight is 242 g/mol. The maximum atomic E-state index is 13.1. The molecule has 0 heterocycles. The average Bonchev–Trinajstić information content (AvgIpc) is 2.30. The lowest BCUT2D eigenvalue weighted by atomic mass is 9.93. The van der Waals surface area contributed by atoms with Gasteiger partial charge in [0.2, 0.25) is 0 Å². The summed E-state index contributed by atoms with van der Waals surface area (Å²) < 4.78 is 25.9. The first-order valence-corrected chi connectivity index (χ1v) is 5.99. The Kier molecular flexibility index (Phi) is 5.51. The van der Waals surface area contributed by atoms with E-state index in [9.17, 15) is 8.78 Å². The van der Waals surface area contributed by atoms with Gasteiger partial charge in [0.05, 0.1) is 0 Å². The molecular formula is C13H20F2N2. The van der Waals surface area contributed by atoms with Crippen LogP contribution in [0.5, 0.6) is 0 Å². The van der Waals surface area contributed by atoms with Gasteiger partial charge in [-0.1, -0.05) is 32.8 Å². The minimum absolute atomic E-state index is 0.133. The largest absolute Gasteiger partial charge is 0.271 e. The van der Waals surface area contributed by atoms with Gasteiger partial charge in [0.15, 0.2) is 11.6 Å². The Hall–Kier alpha value is -1.00. The van der Waals surface area contributed by atoms with Gasteiger partial charge in [-0.15, -0.1) is 0 Å². The van der Waals surface area contributed by atoms with Crippen molar-refractivity contribution in [3.63, 3.8) is 0 Å². The van der Waals surface area contributed by atoms with Gasteiger partial charge in [-0.25, -0.2) is 8.78 Å². The zero-order valence-corrected chi connectivity index (χ0v) is 10.3. The molecule has 1 rings (SSSR count). The van der Waals surface area contributed by atoms with Gasteiger partial charge in [0.1, 0.15) is 0 Å². The van der Waals surface area contributed by atoms with Crippen LogP contribution in [0.25, 0.3) is 0 Å². The summed E-state index contributed by atoms with van der Waals surface area (Å²) in [6, 6.07) is 3.78. The van der Waals surface area contributed by atoms with Crippen LogP contribution in [0.15, 0.2) is 18.2 Å². The lowest BCUT2D eigenvalue weighted by molar-refractivity contribution is 0.392. The lowest BCUT2D eigenvalue weighted by Crippen LogP contribution is -2.29. The Bertz CT molecular complexity index is 355. The summed E-state index contributed by atoms with van der Waals surface area (Å²) in [4.78, 5) is 0. The Labute approximate surface area is 101 Å². The summed E-state index contributed by atoms with van der Waals surface area (Å²) in [7, 11) is 0. The Balaban J connectivity index is 2.75. The van der Waals surface area contributed by atoms with Crippen LogP contribution in [0, 0.1) is 17.6 Å². The fourth-order valence-electron chi connectivity index (χ4n) is 2.04. The molecule has 1 aromatic carbocycles. The normalized spacial score (nSPS) is 14.6. The van der Waals surface area contributed by atoms with E-state index in [-0.39, 0.29) is 6.04 Å². The van der Waals surface area contributed by atoms with E-state index in [0.717, 1.165) is 25.3 Å². The van der Waals surface area contributed by atoms with Crippen molar-refractivity contribution in [1.82, 2.24) is 5.43 Å². The topological polar surface area (TPSA) is 38.0 Å². The van der Waals surface area contributed by atoms with Gasteiger partial charge < -0.3 is 0 Å². The zero-order chi connectivity index (χ0) is 12.8. The highest BCUT2D eigenvalue weighted by atomic mass is 19.2. The van der Waals surface area contributed by atoms with E-state index in [1.807, 2.05) is 0 Å². The van der Waals surface area contributed by atoms with Gasteiger partial charge in [-0.2, -0.15) is 0 Å². The van der Waals surface area contributed by atoms with Crippen LogP contribution in [0.2, 0.25) is 0 Å². The maximum absolute atomic E-state index is 13.1. The molecule has 2 nitrogen and oxygen atoms in total. The van der Waals surface area contributed by atoms with Crippen LogP contribution in [0.1, 0.15) is 44.7 Å². The maximum Gasteiger partial charge on any atom is 0.159 e. The van der Waals surface area contributed by atoms with Crippen LogP contribution >= 0.6 is 0 Å². The Morgan fingerprint density at radius 1 is 1.29 bits per heavy atom. The number of rotatable bonds is 6. The minimum Gasteiger partial charge on any atom is -0.271 e. The molecule has 0 radical (unpaired) electrons. The summed E-state index contributed by atoms with van der Waals surface area (Å²) in [5, 5.41) is 0. The van der Waals surface area contributed by atoms with Gasteiger partial charge in [0, 0.05) is 6.04 Å². The molecule has 0 aliphatic heterocycles. The van der Waals surface area contributed by atoms with Crippen molar-refractivity contribution in [2.24, 2.45) is 11.8 Å². The summed E-state index contributed by atoms with van der Waals surface area (Å²) in [6.07, 6.45) is 3.02. The van der Waals surface area contributed by atoms with E-state index >= 15 is 0 Å². The lowest BCUT2D eigenvalue weighted by Gasteiger charge is -2.20. The molecule has 0 saturated carbocycles. The molecular weight excluding hydrogens is 222 g/mol. The molecule has 0 saturated heterocycles. The fraction of sp³-hybridized carbons (Fsp3) is 0.538. The van der Waals surface area contributed by atoms with Gasteiger partial charge >= 0.3 is 0 Å². The highest BCUT2D eigenvalue weighted by Gasteiger charge is 2.15. The van der Waals surface area contributed by atoms with E-state index in [4.69, 9.17) is 5.84 Å². The number of halogens is 2. The smallest absolute Gasteiger partial charge is 0.159 e. The van der Waals surface area contributed by atoms with E-state index in [1.165, 1.54) is 6.07 Å². The SMILES string of the molecule is CCCC(C)CC(NN)c1ccc(F)c(F)c1. The number of hydrogen-bond acceptors (Lipinski definition) is 2. The second kappa shape index (κ2) is 6.67. The van der Waals surface area contributed by atoms with Crippen molar-refractivity contribution in [3.05, 3.63) is 35.4 Å². The predicted octanol–water partition coefficient (Wildman–Crippen LogP) is 3.30. The molecule has 3 N–H and O–H groups in total. The Morgan fingerprint density at radius 2 is 2.00 bits per heavy atom. The molecule has 2 atom stereocenters. The van der Waals surface area contributed by atoms with Gasteiger partial charge in [-0.05, 0) is 30.0 Å². The van der Waals surface area contributed by atoms with Crippen molar-refractivity contribution in [1.29, 1.82) is 0 Å². The predicted molar refractivity (Wildman–Crippen MR) is 65.1 cm³/mol. The molecule has 0 aliphatic rings. The number of benzene rings is 1. The molecule has 0 spiro atoms. The summed E-state index contributed by atoms with van der Waals surface area (Å²) in [6.45, 7) is 4.26. The van der Waals surface area contributed by atoms with E-state index in [2.05, 4.69) is 19.3 Å². The summed E-state index contributed by atoms with van der Waals surface area (Å²) in [5.74, 6) is 4.31. The van der Waals surface area contributed by atoms with Crippen molar-refractivity contribution in [2.75, 3.05) is 0 Å². The molecule has 0 aromatic heterocycles. The third-order valence-corrected chi connectivity index (χ3v) is 2.97. The van der Waals surface area contributed by atoms with Crippen LogP contribution in [0.3, 0.4) is 0 Å². The molecule has 4 heteroatoms. The molecule has 0 fully saturated rings. The van der Waals surface area contributed by atoms with Crippen molar-refractivity contribution >= 4 is 0 Å². The second-order valence-corrected chi connectivity index (χ2v) is 4.52. The van der Waals surface area contributed by atoms with E-state index < -0.39 is 11.6 Å². The molecule has 0 amide bonds. The first-order chi connectivity index (χ1) is 8.08. The monoisotopic (exact) mass is 242 g/mol. The molecule has 17 heavy (non-hydrogen) atoms. The number of nitrogens with two attached hydrogens (primary N) is 1. The standard InChI is InChI=1S/C13H20F2N2/c1-3-4-9(2)7-13(17-16)10-5-6-11(14)12(15)8-10/h5-6,8-9,13,17H,3-4,7,16H2,1-2H3. The second-order valence-electron chi connectivity index (χ2n) is 4.52. The van der Waals surface area contributed by atoms with E-state index in [0.29, 0.717) is 11.5 Å². The van der Waals surface area contributed by atoms with Crippen LogP contribution in [-0.2, 0) is 0 Å². The number of nitrogens with one attached hydrogen (secondary N) is 1. The molecule has 1 aromatic rings. The minimum atomic E-state index is -0.828. The zero-order valence-electron chi connectivity index (χ0n) is 10.3. The van der Waals surface area contributed by atoms with Gasteiger partial charge in [-0.3, -0.25) is 11.3 Å². The van der Waals surface area contributed by atoms with Crippen LogP contribution < -0.4 is 11.3 Å². The highest BCUT2D eigenvalue weighted by Crippen LogP contribution is 2.24. The summed E-state index contributed by atoms with van der Waals surface area (Å²) >= 11 is 0.